The monoisotopic (exact) mass is 381 g/mol. The van der Waals surface area contributed by atoms with Crippen LogP contribution in [0.4, 0.5) is 4.39 Å². The minimum atomic E-state index is -0.322. The average Bonchev–Trinajstić information content (AvgIpc) is 2.68. The van der Waals surface area contributed by atoms with Gasteiger partial charge in [0, 0.05) is 37.5 Å². The summed E-state index contributed by atoms with van der Waals surface area (Å²) < 4.78 is 25.7. The van der Waals surface area contributed by atoms with Crippen LogP contribution >= 0.6 is 0 Å². The van der Waals surface area contributed by atoms with Gasteiger partial charge >= 0.3 is 0 Å². The number of hydrogen-bond acceptors (Lipinski definition) is 3. The number of methoxy groups -OCH3 is 1. The normalized spacial score (nSPS) is 13.1. The van der Waals surface area contributed by atoms with Gasteiger partial charge in [0.25, 0.3) is 0 Å². The average molecular weight is 381 g/mol. The maximum absolute atomic E-state index is 15.1. The Kier molecular flexibility index (Phi) is 7.38. The number of ether oxygens (including phenoxy) is 2. The van der Waals surface area contributed by atoms with Gasteiger partial charge in [0.2, 0.25) is 0 Å². The molecule has 0 bridgehead atoms. The highest BCUT2D eigenvalue weighted by Crippen LogP contribution is 2.29. The molecule has 0 atom stereocenters. The summed E-state index contributed by atoms with van der Waals surface area (Å²) >= 11 is 0. The Bertz CT molecular complexity index is 821. The molecule has 0 amide bonds. The summed E-state index contributed by atoms with van der Waals surface area (Å²) in [5.41, 5.74) is 4.10. The van der Waals surface area contributed by atoms with Crippen LogP contribution in [0, 0.1) is 11.2 Å². The molecule has 1 aliphatic rings. The number of rotatable bonds is 10. The molecule has 3 nitrogen and oxygen atoms in total. The van der Waals surface area contributed by atoms with E-state index in [1.807, 2.05) is 36.4 Å². The van der Waals surface area contributed by atoms with E-state index in [0.717, 1.165) is 42.4 Å². The Labute approximate surface area is 166 Å². The molecule has 3 rings (SSSR count). The fourth-order valence-electron chi connectivity index (χ4n) is 3.37. The molecule has 1 aliphatic carbocycles. The van der Waals surface area contributed by atoms with Crippen molar-refractivity contribution < 1.29 is 13.9 Å². The van der Waals surface area contributed by atoms with Gasteiger partial charge in [-0.15, -0.1) is 0 Å². The third kappa shape index (κ3) is 5.08. The first-order chi connectivity index (χ1) is 13.7. The smallest absolute Gasteiger partial charge is 0.140 e. The van der Waals surface area contributed by atoms with Crippen LogP contribution in [-0.2, 0) is 11.2 Å². The molecule has 1 saturated carbocycles. The van der Waals surface area contributed by atoms with E-state index in [4.69, 9.17) is 14.9 Å². The Morgan fingerprint density at radius 2 is 1.86 bits per heavy atom. The van der Waals surface area contributed by atoms with Crippen molar-refractivity contribution in [3.05, 3.63) is 65.0 Å². The summed E-state index contributed by atoms with van der Waals surface area (Å²) in [6.07, 6.45) is 9.61. The third-order valence-corrected chi connectivity index (χ3v) is 5.18. The summed E-state index contributed by atoms with van der Waals surface area (Å²) in [6, 6.07) is 11.2. The largest absolute Gasteiger partial charge is 0.494 e. The van der Waals surface area contributed by atoms with Gasteiger partial charge in [-0.3, -0.25) is 0 Å². The zero-order chi connectivity index (χ0) is 19.8. The van der Waals surface area contributed by atoms with Gasteiger partial charge in [-0.1, -0.05) is 35.9 Å². The lowest BCUT2D eigenvalue weighted by atomic mass is 9.90. The van der Waals surface area contributed by atoms with Crippen LogP contribution in [0.2, 0.25) is 0 Å². The molecule has 1 N–H and O–H groups in total. The van der Waals surface area contributed by atoms with E-state index in [9.17, 15) is 0 Å². The predicted octanol–water partition coefficient (Wildman–Crippen LogP) is 5.95. The second-order valence-corrected chi connectivity index (χ2v) is 7.12. The van der Waals surface area contributed by atoms with Crippen LogP contribution in [0.1, 0.15) is 43.2 Å². The van der Waals surface area contributed by atoms with Crippen molar-refractivity contribution in [2.24, 2.45) is 0 Å². The number of hydrogen-bond donors (Lipinski definition) is 1. The first-order valence-electron chi connectivity index (χ1n) is 9.95. The minimum Gasteiger partial charge on any atom is -0.494 e. The van der Waals surface area contributed by atoms with E-state index >= 15 is 4.39 Å². The predicted molar refractivity (Wildman–Crippen MR) is 112 cm³/mol. The van der Waals surface area contributed by atoms with E-state index in [1.165, 1.54) is 24.8 Å². The van der Waals surface area contributed by atoms with Crippen LogP contribution in [0.15, 0.2) is 48.0 Å². The summed E-state index contributed by atoms with van der Waals surface area (Å²) in [5, 5.41) is 7.69. The molecule has 0 aliphatic heterocycles. The number of aryl methyl sites for hydroxylation is 1. The van der Waals surface area contributed by atoms with Crippen molar-refractivity contribution in [1.29, 1.82) is 5.41 Å². The van der Waals surface area contributed by atoms with Crippen molar-refractivity contribution in [2.75, 3.05) is 20.3 Å². The molecule has 0 radical (unpaired) electrons. The molecule has 4 heteroatoms. The van der Waals surface area contributed by atoms with E-state index in [1.54, 1.807) is 7.11 Å². The van der Waals surface area contributed by atoms with Crippen LogP contribution in [0.3, 0.4) is 0 Å². The number of halogens is 1. The van der Waals surface area contributed by atoms with Crippen LogP contribution in [0.5, 0.6) is 5.75 Å². The molecular formula is C24H28FNO2. The third-order valence-electron chi connectivity index (χ3n) is 5.18. The van der Waals surface area contributed by atoms with Gasteiger partial charge in [0.05, 0.1) is 6.61 Å². The van der Waals surface area contributed by atoms with Gasteiger partial charge in [0.15, 0.2) is 0 Å². The highest BCUT2D eigenvalue weighted by Gasteiger charge is 2.14. The fraction of sp³-hybridized carbons (Fsp3) is 0.375. The lowest BCUT2D eigenvalue weighted by Gasteiger charge is -2.16. The lowest BCUT2D eigenvalue weighted by molar-refractivity contribution is 0.172. The minimum absolute atomic E-state index is 0.322. The summed E-state index contributed by atoms with van der Waals surface area (Å²) in [5.74, 6) is 0.436. The Morgan fingerprint density at radius 1 is 1.07 bits per heavy atom. The fourth-order valence-corrected chi connectivity index (χ4v) is 3.37. The van der Waals surface area contributed by atoms with Crippen LogP contribution in [0.25, 0.3) is 11.1 Å². The zero-order valence-electron chi connectivity index (χ0n) is 16.5. The lowest BCUT2D eigenvalue weighted by Crippen LogP contribution is -2.02. The van der Waals surface area contributed by atoms with Crippen LogP contribution in [-0.4, -0.2) is 26.5 Å². The van der Waals surface area contributed by atoms with Gasteiger partial charge in [-0.25, -0.2) is 4.39 Å². The topological polar surface area (TPSA) is 42.3 Å². The first kappa shape index (κ1) is 20.3. The van der Waals surface area contributed by atoms with Crippen molar-refractivity contribution in [2.45, 2.75) is 38.5 Å². The van der Waals surface area contributed by atoms with Gasteiger partial charge < -0.3 is 14.9 Å². The molecule has 28 heavy (non-hydrogen) atoms. The van der Waals surface area contributed by atoms with E-state index in [0.29, 0.717) is 24.3 Å². The number of allylic oxidation sites excluding steroid dienone is 2. The second kappa shape index (κ2) is 10.2. The molecule has 2 aromatic rings. The maximum Gasteiger partial charge on any atom is 0.140 e. The highest BCUT2D eigenvalue weighted by atomic mass is 19.1. The van der Waals surface area contributed by atoms with E-state index < -0.39 is 0 Å². The van der Waals surface area contributed by atoms with Crippen LogP contribution < -0.4 is 4.74 Å². The SMILES string of the molecule is COCCCOc1ccc(-c2ccc(CCC=C3CCC3)c(C=N)c2F)cc1. The van der Waals surface area contributed by atoms with Gasteiger partial charge in [-0.05, 0) is 55.4 Å². The number of nitrogens with one attached hydrogen (secondary N) is 1. The first-order valence-corrected chi connectivity index (χ1v) is 9.95. The molecule has 0 unspecified atom stereocenters. The summed E-state index contributed by atoms with van der Waals surface area (Å²) in [7, 11) is 1.67. The summed E-state index contributed by atoms with van der Waals surface area (Å²) in [4.78, 5) is 0. The van der Waals surface area contributed by atoms with Gasteiger partial charge in [-0.2, -0.15) is 0 Å². The Morgan fingerprint density at radius 3 is 2.50 bits per heavy atom. The number of benzene rings is 2. The maximum atomic E-state index is 15.1. The molecule has 2 aromatic carbocycles. The Hall–Kier alpha value is -2.46. The van der Waals surface area contributed by atoms with E-state index in [2.05, 4.69) is 6.08 Å². The molecule has 148 valence electrons. The molecule has 1 fully saturated rings. The Balaban J connectivity index is 1.70. The van der Waals surface area contributed by atoms with Crippen molar-refractivity contribution in [1.82, 2.24) is 0 Å². The summed E-state index contributed by atoms with van der Waals surface area (Å²) in [6.45, 7) is 1.25. The molecular weight excluding hydrogens is 353 g/mol. The van der Waals surface area contributed by atoms with Gasteiger partial charge in [0.1, 0.15) is 11.6 Å². The second-order valence-electron chi connectivity index (χ2n) is 7.12. The molecule has 0 heterocycles. The zero-order valence-corrected chi connectivity index (χ0v) is 16.5. The van der Waals surface area contributed by atoms with Crippen molar-refractivity contribution in [3.8, 4) is 16.9 Å². The van der Waals surface area contributed by atoms with Crippen molar-refractivity contribution >= 4 is 6.21 Å². The molecule has 0 saturated heterocycles. The standard InChI is InChI=1S/C24H28FNO2/c1-27-15-4-16-28-21-12-9-20(10-13-21)22-14-11-19(23(17-26)24(22)25)8-3-7-18-5-2-6-18/h7,9-14,17,26H,2-6,8,15-16H2,1H3. The quantitative estimate of drug-likeness (QED) is 0.314. The van der Waals surface area contributed by atoms with Crippen molar-refractivity contribution in [3.63, 3.8) is 0 Å². The molecule has 0 spiro atoms. The molecule has 0 aromatic heterocycles. The van der Waals surface area contributed by atoms with E-state index in [-0.39, 0.29) is 5.82 Å². The highest BCUT2D eigenvalue weighted by molar-refractivity contribution is 5.83.